The number of fused-ring (bicyclic) bond motifs is 1. The van der Waals surface area contributed by atoms with Gasteiger partial charge in [-0.25, -0.2) is 4.79 Å². The Bertz CT molecular complexity index is 1120. The number of benzene rings is 3. The van der Waals surface area contributed by atoms with Gasteiger partial charge in [0.15, 0.2) is 0 Å². The summed E-state index contributed by atoms with van der Waals surface area (Å²) < 4.78 is 5.73. The molecule has 1 heterocycles. The smallest absolute Gasteiger partial charge is 0.322 e. The van der Waals surface area contributed by atoms with Gasteiger partial charge in [0.1, 0.15) is 18.9 Å². The fourth-order valence-corrected chi connectivity index (χ4v) is 3.25. The van der Waals surface area contributed by atoms with E-state index >= 15 is 0 Å². The molecule has 3 aromatic rings. The monoisotopic (exact) mass is 430 g/mol. The first kappa shape index (κ1) is 20.9. The van der Waals surface area contributed by atoms with Gasteiger partial charge >= 0.3 is 6.03 Å². The number of para-hydroxylation sites is 2. The molecule has 0 saturated heterocycles. The Morgan fingerprint density at radius 1 is 0.938 bits per heavy atom. The van der Waals surface area contributed by atoms with E-state index in [2.05, 4.69) is 16.0 Å². The van der Waals surface area contributed by atoms with Gasteiger partial charge in [-0.1, -0.05) is 42.5 Å². The lowest BCUT2D eigenvalue weighted by molar-refractivity contribution is -0.115. The van der Waals surface area contributed by atoms with Crippen molar-refractivity contribution in [1.82, 2.24) is 5.32 Å². The van der Waals surface area contributed by atoms with E-state index in [0.717, 1.165) is 5.56 Å². The minimum absolute atomic E-state index is 0.116. The number of hydrogen-bond donors (Lipinski definition) is 3. The molecule has 0 saturated carbocycles. The number of amides is 4. The number of rotatable bonds is 6. The molecule has 0 aliphatic carbocycles. The van der Waals surface area contributed by atoms with E-state index in [9.17, 15) is 14.4 Å². The Balaban J connectivity index is 1.27. The van der Waals surface area contributed by atoms with Gasteiger partial charge in [-0.3, -0.25) is 14.5 Å². The summed E-state index contributed by atoms with van der Waals surface area (Å²) in [5, 5.41) is 7.99. The maximum absolute atomic E-state index is 12.5. The van der Waals surface area contributed by atoms with Crippen molar-refractivity contribution in [3.8, 4) is 5.75 Å². The lowest BCUT2D eigenvalue weighted by atomic mass is 10.2. The van der Waals surface area contributed by atoms with E-state index in [1.54, 1.807) is 48.5 Å². The minimum atomic E-state index is -0.521. The van der Waals surface area contributed by atoms with Crippen LogP contribution in [-0.4, -0.2) is 30.9 Å². The Hall–Kier alpha value is -4.33. The van der Waals surface area contributed by atoms with Crippen LogP contribution in [0.2, 0.25) is 0 Å². The van der Waals surface area contributed by atoms with Gasteiger partial charge in [-0.05, 0) is 42.0 Å². The van der Waals surface area contributed by atoms with Gasteiger partial charge < -0.3 is 20.7 Å². The first-order valence-electron chi connectivity index (χ1n) is 10.1. The van der Waals surface area contributed by atoms with E-state index in [-0.39, 0.29) is 24.9 Å². The second-order valence-electron chi connectivity index (χ2n) is 7.16. The maximum Gasteiger partial charge on any atom is 0.322 e. The molecule has 4 rings (SSSR count). The third kappa shape index (κ3) is 5.23. The van der Waals surface area contributed by atoms with Crippen molar-refractivity contribution >= 4 is 34.9 Å². The number of anilines is 3. The highest BCUT2D eigenvalue weighted by Crippen LogP contribution is 2.28. The molecule has 8 heteroatoms. The van der Waals surface area contributed by atoms with Crippen LogP contribution in [0.1, 0.15) is 5.56 Å². The van der Waals surface area contributed by atoms with Gasteiger partial charge in [0.05, 0.1) is 17.9 Å². The average Bonchev–Trinajstić information content (AvgIpc) is 2.82. The van der Waals surface area contributed by atoms with Gasteiger partial charge in [-0.15, -0.1) is 0 Å². The van der Waals surface area contributed by atoms with Crippen LogP contribution in [0.25, 0.3) is 0 Å². The Labute approximate surface area is 185 Å². The van der Waals surface area contributed by atoms with Crippen LogP contribution in [0.15, 0.2) is 78.9 Å². The lowest BCUT2D eigenvalue weighted by Gasteiger charge is -2.29. The largest absolute Gasteiger partial charge is 0.489 e. The molecule has 0 unspecified atom stereocenters. The van der Waals surface area contributed by atoms with Crippen molar-refractivity contribution in [2.45, 2.75) is 6.61 Å². The molecule has 0 bridgehead atoms. The van der Waals surface area contributed by atoms with Crippen molar-refractivity contribution in [2.24, 2.45) is 0 Å². The minimum Gasteiger partial charge on any atom is -0.489 e. The van der Waals surface area contributed by atoms with Crippen LogP contribution in [0, 0.1) is 0 Å². The summed E-state index contributed by atoms with van der Waals surface area (Å²) in [4.78, 5) is 37.9. The van der Waals surface area contributed by atoms with Gasteiger partial charge in [0, 0.05) is 5.69 Å². The molecule has 0 radical (unpaired) electrons. The molecule has 0 atom stereocenters. The summed E-state index contributed by atoms with van der Waals surface area (Å²) in [5.74, 6) is 0.00567. The summed E-state index contributed by atoms with van der Waals surface area (Å²) in [6.45, 7) is 0.108. The molecule has 32 heavy (non-hydrogen) atoms. The molecule has 0 spiro atoms. The molecule has 3 aromatic carbocycles. The normalized spacial score (nSPS) is 12.4. The van der Waals surface area contributed by atoms with E-state index in [1.165, 1.54) is 4.90 Å². The standard InChI is InChI=1S/C24H22N4O4/c29-22(14-25-24(31)28-15-23(30)27-20-8-4-5-9-21(20)28)26-18-10-12-19(13-11-18)32-16-17-6-2-1-3-7-17/h1-13H,14-16H2,(H,25,31)(H,26,29)(H,27,30). The number of ether oxygens (including phenoxy) is 1. The number of urea groups is 1. The number of hydrogen-bond acceptors (Lipinski definition) is 4. The fourth-order valence-electron chi connectivity index (χ4n) is 3.25. The Kier molecular flexibility index (Phi) is 6.31. The second kappa shape index (κ2) is 9.65. The Morgan fingerprint density at radius 2 is 1.66 bits per heavy atom. The van der Waals surface area contributed by atoms with Crippen LogP contribution >= 0.6 is 0 Å². The zero-order valence-electron chi connectivity index (χ0n) is 17.2. The average molecular weight is 430 g/mol. The maximum atomic E-state index is 12.5. The van der Waals surface area contributed by atoms with Crippen molar-refractivity contribution < 1.29 is 19.1 Å². The molecule has 0 aromatic heterocycles. The lowest BCUT2D eigenvalue weighted by Crippen LogP contribution is -2.48. The molecule has 4 amide bonds. The highest BCUT2D eigenvalue weighted by molar-refractivity contribution is 6.10. The fraction of sp³-hybridized carbons (Fsp3) is 0.125. The summed E-state index contributed by atoms with van der Waals surface area (Å²) in [7, 11) is 0. The quantitative estimate of drug-likeness (QED) is 0.558. The number of nitrogens with one attached hydrogen (secondary N) is 3. The van der Waals surface area contributed by atoms with Crippen LogP contribution in [-0.2, 0) is 16.2 Å². The molecule has 8 nitrogen and oxygen atoms in total. The summed E-state index contributed by atoms with van der Waals surface area (Å²) >= 11 is 0. The topological polar surface area (TPSA) is 99.8 Å². The van der Waals surface area contributed by atoms with Crippen LogP contribution in [0.5, 0.6) is 5.75 Å². The van der Waals surface area contributed by atoms with Crippen LogP contribution in [0.4, 0.5) is 21.9 Å². The van der Waals surface area contributed by atoms with Gasteiger partial charge in [0.2, 0.25) is 11.8 Å². The first-order chi connectivity index (χ1) is 15.6. The molecule has 0 fully saturated rings. The Morgan fingerprint density at radius 3 is 2.44 bits per heavy atom. The van der Waals surface area contributed by atoms with Crippen LogP contribution in [0.3, 0.4) is 0 Å². The van der Waals surface area contributed by atoms with Gasteiger partial charge in [0.25, 0.3) is 0 Å². The molecule has 1 aliphatic heterocycles. The zero-order chi connectivity index (χ0) is 22.3. The van der Waals surface area contributed by atoms with E-state index < -0.39 is 6.03 Å². The predicted molar refractivity (Wildman–Crippen MR) is 122 cm³/mol. The van der Waals surface area contributed by atoms with E-state index in [0.29, 0.717) is 29.4 Å². The van der Waals surface area contributed by atoms with Crippen molar-refractivity contribution in [3.63, 3.8) is 0 Å². The van der Waals surface area contributed by atoms with E-state index in [4.69, 9.17) is 4.74 Å². The highest BCUT2D eigenvalue weighted by atomic mass is 16.5. The highest BCUT2D eigenvalue weighted by Gasteiger charge is 2.26. The summed E-state index contributed by atoms with van der Waals surface area (Å²) in [6.07, 6.45) is 0. The number of carbonyl (C=O) groups excluding carboxylic acids is 3. The summed E-state index contributed by atoms with van der Waals surface area (Å²) in [6, 6.07) is 23.3. The van der Waals surface area contributed by atoms with E-state index in [1.807, 2.05) is 30.3 Å². The molecular formula is C24H22N4O4. The van der Waals surface area contributed by atoms with Crippen LogP contribution < -0.4 is 25.6 Å². The molecule has 1 aliphatic rings. The first-order valence-corrected chi connectivity index (χ1v) is 10.1. The number of nitrogens with zero attached hydrogens (tertiary/aromatic N) is 1. The van der Waals surface area contributed by atoms with Crippen molar-refractivity contribution in [2.75, 3.05) is 28.6 Å². The number of carbonyl (C=O) groups is 3. The van der Waals surface area contributed by atoms with Gasteiger partial charge in [-0.2, -0.15) is 0 Å². The molecular weight excluding hydrogens is 408 g/mol. The van der Waals surface area contributed by atoms with Crippen molar-refractivity contribution in [3.05, 3.63) is 84.4 Å². The molecule has 3 N–H and O–H groups in total. The second-order valence-corrected chi connectivity index (χ2v) is 7.16. The third-order valence-corrected chi connectivity index (χ3v) is 4.80. The van der Waals surface area contributed by atoms with Crippen molar-refractivity contribution in [1.29, 1.82) is 0 Å². The zero-order valence-corrected chi connectivity index (χ0v) is 17.2. The SMILES string of the molecule is O=C(CNC(=O)N1CC(=O)Nc2ccccc21)Nc1ccc(OCc2ccccc2)cc1. The summed E-state index contributed by atoms with van der Waals surface area (Å²) in [5.41, 5.74) is 2.78. The third-order valence-electron chi connectivity index (χ3n) is 4.80. The molecule has 162 valence electrons. The predicted octanol–water partition coefficient (Wildman–Crippen LogP) is 3.37.